The van der Waals surface area contributed by atoms with Crippen molar-refractivity contribution in [1.82, 2.24) is 5.32 Å². The minimum atomic E-state index is 0.303. The summed E-state index contributed by atoms with van der Waals surface area (Å²) in [5, 5.41) is 3.38. The van der Waals surface area contributed by atoms with Crippen molar-refractivity contribution in [3.63, 3.8) is 0 Å². The van der Waals surface area contributed by atoms with Crippen LogP contribution in [0.2, 0.25) is 0 Å². The van der Waals surface area contributed by atoms with Gasteiger partial charge in [-0.05, 0) is 37.6 Å². The highest BCUT2D eigenvalue weighted by Crippen LogP contribution is 2.25. The van der Waals surface area contributed by atoms with Crippen molar-refractivity contribution in [2.24, 2.45) is 0 Å². The molecule has 0 saturated heterocycles. The molecule has 19 heavy (non-hydrogen) atoms. The van der Waals surface area contributed by atoms with Gasteiger partial charge in [0.2, 0.25) is 0 Å². The van der Waals surface area contributed by atoms with Gasteiger partial charge >= 0.3 is 0 Å². The smallest absolute Gasteiger partial charge is 0.122 e. The van der Waals surface area contributed by atoms with E-state index < -0.39 is 0 Å². The molecule has 0 aliphatic carbocycles. The van der Waals surface area contributed by atoms with E-state index in [0.29, 0.717) is 6.04 Å². The molecule has 2 aromatic rings. The Kier molecular flexibility index (Phi) is 4.58. The van der Waals surface area contributed by atoms with Crippen LogP contribution in [-0.4, -0.2) is 14.2 Å². The van der Waals surface area contributed by atoms with E-state index in [-0.39, 0.29) is 0 Å². The molecule has 0 saturated carbocycles. The second-order valence-electron chi connectivity index (χ2n) is 4.77. The molecule has 2 heteroatoms. The number of nitrogens with one attached hydrogen (secondary N) is 1. The summed E-state index contributed by atoms with van der Waals surface area (Å²) < 4.78 is 5.45. The van der Waals surface area contributed by atoms with E-state index in [1.165, 1.54) is 16.7 Å². The van der Waals surface area contributed by atoms with Crippen LogP contribution in [0.5, 0.6) is 5.75 Å². The molecule has 0 aliphatic heterocycles. The van der Waals surface area contributed by atoms with Gasteiger partial charge in [0, 0.05) is 6.04 Å². The molecule has 1 unspecified atom stereocenters. The number of aryl methyl sites for hydroxylation is 1. The minimum Gasteiger partial charge on any atom is -0.496 e. The fraction of sp³-hybridized carbons (Fsp3) is 0.294. The lowest BCUT2D eigenvalue weighted by atomic mass is 9.97. The lowest BCUT2D eigenvalue weighted by Crippen LogP contribution is -2.19. The second kappa shape index (κ2) is 6.39. The summed E-state index contributed by atoms with van der Waals surface area (Å²) in [4.78, 5) is 0. The van der Waals surface area contributed by atoms with E-state index in [1.807, 2.05) is 19.2 Å². The normalized spacial score (nSPS) is 12.2. The van der Waals surface area contributed by atoms with Gasteiger partial charge in [-0.1, -0.05) is 48.0 Å². The van der Waals surface area contributed by atoms with E-state index in [1.54, 1.807) is 7.11 Å². The van der Waals surface area contributed by atoms with Crippen molar-refractivity contribution in [3.05, 3.63) is 65.2 Å². The maximum absolute atomic E-state index is 5.45. The highest BCUT2D eigenvalue weighted by molar-refractivity contribution is 5.38. The van der Waals surface area contributed by atoms with Crippen molar-refractivity contribution >= 4 is 0 Å². The molecular weight excluding hydrogens is 234 g/mol. The standard InChI is InChI=1S/C17H21NO/c1-13-9-10-17(19-3)15(11-13)12-16(18-2)14-7-5-4-6-8-14/h4-11,16,18H,12H2,1-3H3. The van der Waals surface area contributed by atoms with Gasteiger partial charge in [0.05, 0.1) is 7.11 Å². The maximum Gasteiger partial charge on any atom is 0.122 e. The zero-order chi connectivity index (χ0) is 13.7. The van der Waals surface area contributed by atoms with Gasteiger partial charge in [-0.3, -0.25) is 0 Å². The Balaban J connectivity index is 2.26. The Morgan fingerprint density at radius 3 is 2.47 bits per heavy atom. The zero-order valence-corrected chi connectivity index (χ0v) is 11.8. The highest BCUT2D eigenvalue weighted by atomic mass is 16.5. The van der Waals surface area contributed by atoms with Crippen LogP contribution in [0.25, 0.3) is 0 Å². The Morgan fingerprint density at radius 1 is 1.11 bits per heavy atom. The van der Waals surface area contributed by atoms with Crippen LogP contribution in [-0.2, 0) is 6.42 Å². The highest BCUT2D eigenvalue weighted by Gasteiger charge is 2.12. The summed E-state index contributed by atoms with van der Waals surface area (Å²) in [5.41, 5.74) is 3.80. The molecular formula is C17H21NO. The van der Waals surface area contributed by atoms with Gasteiger partial charge in [0.1, 0.15) is 5.75 Å². The minimum absolute atomic E-state index is 0.303. The Morgan fingerprint density at radius 2 is 1.84 bits per heavy atom. The van der Waals surface area contributed by atoms with E-state index in [2.05, 4.69) is 48.6 Å². The van der Waals surface area contributed by atoms with Gasteiger partial charge in [-0.15, -0.1) is 0 Å². The molecule has 0 spiro atoms. The van der Waals surface area contributed by atoms with Gasteiger partial charge in [0.15, 0.2) is 0 Å². The molecule has 2 aromatic carbocycles. The molecule has 1 N–H and O–H groups in total. The molecule has 0 aromatic heterocycles. The first-order valence-electron chi connectivity index (χ1n) is 6.60. The van der Waals surface area contributed by atoms with Gasteiger partial charge < -0.3 is 10.1 Å². The number of benzene rings is 2. The fourth-order valence-electron chi connectivity index (χ4n) is 2.36. The van der Waals surface area contributed by atoms with E-state index in [9.17, 15) is 0 Å². The molecule has 0 amide bonds. The van der Waals surface area contributed by atoms with Crippen LogP contribution in [0, 0.1) is 6.92 Å². The average molecular weight is 255 g/mol. The Bertz CT molecular complexity index is 522. The van der Waals surface area contributed by atoms with Crippen LogP contribution >= 0.6 is 0 Å². The summed E-state index contributed by atoms with van der Waals surface area (Å²) in [6.45, 7) is 2.11. The van der Waals surface area contributed by atoms with Crippen LogP contribution in [0.3, 0.4) is 0 Å². The van der Waals surface area contributed by atoms with Gasteiger partial charge in [-0.25, -0.2) is 0 Å². The number of likely N-dealkylation sites (N-methyl/N-ethyl adjacent to an activating group) is 1. The van der Waals surface area contributed by atoms with Crippen molar-refractivity contribution in [2.45, 2.75) is 19.4 Å². The quantitative estimate of drug-likeness (QED) is 0.883. The first kappa shape index (κ1) is 13.6. The Labute approximate surface area is 115 Å². The lowest BCUT2D eigenvalue weighted by Gasteiger charge is -2.18. The van der Waals surface area contributed by atoms with Crippen molar-refractivity contribution in [1.29, 1.82) is 0 Å². The number of ether oxygens (including phenoxy) is 1. The third-order valence-electron chi connectivity index (χ3n) is 3.41. The fourth-order valence-corrected chi connectivity index (χ4v) is 2.36. The summed E-state index contributed by atoms with van der Waals surface area (Å²) in [6, 6.07) is 17.1. The second-order valence-corrected chi connectivity index (χ2v) is 4.77. The maximum atomic E-state index is 5.45. The van der Waals surface area contributed by atoms with Crippen LogP contribution in [0.15, 0.2) is 48.5 Å². The molecule has 0 aliphatic rings. The molecule has 0 radical (unpaired) electrons. The van der Waals surface area contributed by atoms with Crippen molar-refractivity contribution in [2.75, 3.05) is 14.2 Å². The van der Waals surface area contributed by atoms with Crippen LogP contribution in [0.1, 0.15) is 22.7 Å². The van der Waals surface area contributed by atoms with E-state index >= 15 is 0 Å². The summed E-state index contributed by atoms with van der Waals surface area (Å²) >= 11 is 0. The molecule has 0 bridgehead atoms. The predicted molar refractivity (Wildman–Crippen MR) is 79.7 cm³/mol. The number of hydrogen-bond acceptors (Lipinski definition) is 2. The van der Waals surface area contributed by atoms with Crippen LogP contribution < -0.4 is 10.1 Å². The van der Waals surface area contributed by atoms with E-state index in [4.69, 9.17) is 4.74 Å². The molecule has 2 rings (SSSR count). The monoisotopic (exact) mass is 255 g/mol. The number of methoxy groups -OCH3 is 1. The van der Waals surface area contributed by atoms with E-state index in [0.717, 1.165) is 12.2 Å². The van der Waals surface area contributed by atoms with Crippen LogP contribution in [0.4, 0.5) is 0 Å². The average Bonchev–Trinajstić information content (AvgIpc) is 2.46. The van der Waals surface area contributed by atoms with Gasteiger partial charge in [-0.2, -0.15) is 0 Å². The molecule has 0 heterocycles. The first-order chi connectivity index (χ1) is 9.24. The predicted octanol–water partition coefficient (Wildman–Crippen LogP) is 3.51. The van der Waals surface area contributed by atoms with Crippen molar-refractivity contribution in [3.8, 4) is 5.75 Å². The van der Waals surface area contributed by atoms with Gasteiger partial charge in [0.25, 0.3) is 0 Å². The third kappa shape index (κ3) is 3.36. The summed E-state index contributed by atoms with van der Waals surface area (Å²) in [5.74, 6) is 0.960. The number of rotatable bonds is 5. The summed E-state index contributed by atoms with van der Waals surface area (Å²) in [6.07, 6.45) is 0.922. The molecule has 1 atom stereocenters. The summed E-state index contributed by atoms with van der Waals surface area (Å²) in [7, 11) is 3.73. The molecule has 100 valence electrons. The first-order valence-corrected chi connectivity index (χ1v) is 6.60. The molecule has 0 fully saturated rings. The number of hydrogen-bond donors (Lipinski definition) is 1. The van der Waals surface area contributed by atoms with Crippen molar-refractivity contribution < 1.29 is 4.74 Å². The largest absolute Gasteiger partial charge is 0.496 e. The molecule has 2 nitrogen and oxygen atoms in total. The third-order valence-corrected chi connectivity index (χ3v) is 3.41. The topological polar surface area (TPSA) is 21.3 Å². The Hall–Kier alpha value is -1.80. The lowest BCUT2D eigenvalue weighted by molar-refractivity contribution is 0.406. The zero-order valence-electron chi connectivity index (χ0n) is 11.8. The SMILES string of the molecule is CNC(Cc1cc(C)ccc1OC)c1ccccc1.